The summed E-state index contributed by atoms with van der Waals surface area (Å²) in [7, 11) is 0. The van der Waals surface area contributed by atoms with E-state index in [1.807, 2.05) is 20.8 Å². The first kappa shape index (κ1) is 26.6. The summed E-state index contributed by atoms with van der Waals surface area (Å²) < 4.78 is 38.3. The first-order valence-electron chi connectivity index (χ1n) is 8.18. The van der Waals surface area contributed by atoms with Gasteiger partial charge in [-0.15, -0.1) is 0 Å². The number of halogens is 3. The van der Waals surface area contributed by atoms with Gasteiger partial charge in [0, 0.05) is 11.2 Å². The lowest BCUT2D eigenvalue weighted by molar-refractivity contribution is -0.165. The van der Waals surface area contributed by atoms with Crippen molar-refractivity contribution in [3.8, 4) is 0 Å². The molecule has 0 heterocycles. The van der Waals surface area contributed by atoms with Gasteiger partial charge in [0.05, 0.1) is 18.2 Å². The number of rotatable bonds is 6. The quantitative estimate of drug-likeness (QED) is 0.321. The van der Waals surface area contributed by atoms with Crippen LogP contribution in [0, 0.1) is 0 Å². The van der Waals surface area contributed by atoms with Gasteiger partial charge in [-0.05, 0) is 38.5 Å². The summed E-state index contributed by atoms with van der Waals surface area (Å²) in [6.45, 7) is 5.32. The van der Waals surface area contributed by atoms with Gasteiger partial charge in [-0.2, -0.15) is 13.2 Å². The van der Waals surface area contributed by atoms with E-state index in [1.54, 1.807) is 0 Å². The Hall–Kier alpha value is -2.41. The second kappa shape index (κ2) is 10.4. The van der Waals surface area contributed by atoms with Crippen molar-refractivity contribution in [2.45, 2.75) is 50.7 Å². The smallest absolute Gasteiger partial charge is 0.418 e. The lowest BCUT2D eigenvalue weighted by Gasteiger charge is -2.28. The molecule has 1 rings (SSSR count). The van der Waals surface area contributed by atoms with E-state index in [4.69, 9.17) is 26.2 Å². The molecule has 0 aliphatic carbocycles. The van der Waals surface area contributed by atoms with Gasteiger partial charge in [0.2, 0.25) is 0 Å². The fourth-order valence-electron chi connectivity index (χ4n) is 2.06. The lowest BCUT2D eigenvalue weighted by Crippen LogP contribution is -2.40. The summed E-state index contributed by atoms with van der Waals surface area (Å²) in [6, 6.07) is 3.12. The van der Waals surface area contributed by atoms with Crippen molar-refractivity contribution in [1.29, 1.82) is 0 Å². The highest BCUT2D eigenvalue weighted by atomic mass is 19.4. The number of hydrogen-bond donors (Lipinski definition) is 7. The minimum absolute atomic E-state index is 0.293. The Balaban J connectivity index is 0.000000665. The zero-order valence-electron chi connectivity index (χ0n) is 15.9. The molecule has 0 fully saturated rings. The van der Waals surface area contributed by atoms with E-state index in [9.17, 15) is 27.9 Å². The van der Waals surface area contributed by atoms with Crippen molar-refractivity contribution >= 4 is 17.6 Å². The minimum atomic E-state index is -4.50. The second-order valence-electron chi connectivity index (χ2n) is 7.04. The molecule has 0 radical (unpaired) electrons. The number of nitrogen functional groups attached to an aromatic ring is 1. The van der Waals surface area contributed by atoms with Crippen LogP contribution in [0.4, 0.5) is 18.9 Å². The SMILES string of the molecule is CC(C)(C)NC(CO)c1ccc(N)c(C(F)(F)F)c1.O=C(O)[C@H](O)[C@@H](O)C(=O)O. The van der Waals surface area contributed by atoms with Gasteiger partial charge in [0.15, 0.2) is 12.2 Å². The molecular weight excluding hydrogens is 401 g/mol. The highest BCUT2D eigenvalue weighted by molar-refractivity contribution is 5.83. The molecule has 3 atom stereocenters. The largest absolute Gasteiger partial charge is 0.479 e. The van der Waals surface area contributed by atoms with Crippen LogP contribution in [0.3, 0.4) is 0 Å². The third-order valence-corrected chi connectivity index (χ3v) is 3.38. The molecular formula is C17H25F3N2O7. The Kier molecular flexibility index (Phi) is 9.53. The fraction of sp³-hybridized carbons (Fsp3) is 0.529. The highest BCUT2D eigenvalue weighted by Crippen LogP contribution is 2.35. The van der Waals surface area contributed by atoms with Crippen molar-refractivity contribution in [2.24, 2.45) is 0 Å². The molecule has 1 unspecified atom stereocenters. The molecule has 1 aromatic rings. The van der Waals surface area contributed by atoms with Crippen molar-refractivity contribution in [2.75, 3.05) is 12.3 Å². The molecule has 1 aromatic carbocycles. The molecule has 0 amide bonds. The average molecular weight is 426 g/mol. The molecule has 0 aliphatic rings. The Morgan fingerprint density at radius 3 is 1.83 bits per heavy atom. The topological polar surface area (TPSA) is 173 Å². The standard InChI is InChI=1S/C13H19F3N2O.C4H6O6/c1-12(2,3)18-11(7-19)8-4-5-10(17)9(6-8)13(14,15)16;5-1(3(7)8)2(6)4(9)10/h4-6,11,18-19H,7,17H2,1-3H3;1-2,5-6H,(H,7,8)(H,9,10)/t;1-,2-/m.1/s1. The molecule has 29 heavy (non-hydrogen) atoms. The van der Waals surface area contributed by atoms with Crippen molar-refractivity contribution < 1.29 is 48.3 Å². The van der Waals surface area contributed by atoms with Crippen LogP contribution in [0.1, 0.15) is 37.9 Å². The molecule has 0 saturated carbocycles. The van der Waals surface area contributed by atoms with E-state index in [0.717, 1.165) is 6.07 Å². The third-order valence-electron chi connectivity index (χ3n) is 3.38. The van der Waals surface area contributed by atoms with Crippen LogP contribution >= 0.6 is 0 Å². The predicted octanol–water partition coefficient (Wildman–Crippen LogP) is 0.586. The number of aliphatic hydroxyl groups excluding tert-OH is 3. The van der Waals surface area contributed by atoms with Gasteiger partial charge in [-0.1, -0.05) is 6.07 Å². The number of nitrogens with one attached hydrogen (secondary N) is 1. The van der Waals surface area contributed by atoms with E-state index in [0.29, 0.717) is 5.56 Å². The molecule has 9 nitrogen and oxygen atoms in total. The van der Waals surface area contributed by atoms with E-state index in [-0.39, 0.29) is 17.8 Å². The molecule has 12 heteroatoms. The number of benzene rings is 1. The van der Waals surface area contributed by atoms with Gasteiger partial charge >= 0.3 is 18.1 Å². The van der Waals surface area contributed by atoms with E-state index >= 15 is 0 Å². The molecule has 166 valence electrons. The van der Waals surface area contributed by atoms with E-state index < -0.39 is 41.9 Å². The number of alkyl halides is 3. The van der Waals surface area contributed by atoms with Gasteiger partial charge < -0.3 is 36.6 Å². The van der Waals surface area contributed by atoms with Crippen molar-refractivity contribution in [1.82, 2.24) is 5.32 Å². The maximum absolute atomic E-state index is 12.8. The number of nitrogens with two attached hydrogens (primary N) is 1. The molecule has 8 N–H and O–H groups in total. The van der Waals surface area contributed by atoms with Crippen LogP contribution in [0.2, 0.25) is 0 Å². The number of carboxylic acid groups (broad SMARTS) is 2. The molecule has 0 aliphatic heterocycles. The number of aliphatic carboxylic acids is 2. The van der Waals surface area contributed by atoms with Crippen LogP contribution < -0.4 is 11.1 Å². The van der Waals surface area contributed by atoms with E-state index in [1.165, 1.54) is 12.1 Å². The van der Waals surface area contributed by atoms with Crippen LogP contribution in [0.25, 0.3) is 0 Å². The first-order valence-corrected chi connectivity index (χ1v) is 8.18. The maximum atomic E-state index is 12.8. The lowest BCUT2D eigenvalue weighted by atomic mass is 9.99. The van der Waals surface area contributed by atoms with Crippen LogP contribution in [0.15, 0.2) is 18.2 Å². The predicted molar refractivity (Wildman–Crippen MR) is 95.9 cm³/mol. The first-order chi connectivity index (χ1) is 13.0. The van der Waals surface area contributed by atoms with Gasteiger partial charge in [0.25, 0.3) is 0 Å². The Morgan fingerprint density at radius 2 is 1.52 bits per heavy atom. The average Bonchev–Trinajstić information content (AvgIpc) is 2.57. The minimum Gasteiger partial charge on any atom is -0.479 e. The third kappa shape index (κ3) is 9.09. The maximum Gasteiger partial charge on any atom is 0.418 e. The molecule has 0 bridgehead atoms. The number of hydrogen-bond acceptors (Lipinski definition) is 7. The van der Waals surface area contributed by atoms with Crippen LogP contribution in [0.5, 0.6) is 0 Å². The Labute approximate surface area is 164 Å². The van der Waals surface area contributed by atoms with Crippen LogP contribution in [-0.2, 0) is 15.8 Å². The number of anilines is 1. The fourth-order valence-corrected chi connectivity index (χ4v) is 2.06. The zero-order chi connectivity index (χ0) is 23.2. The summed E-state index contributed by atoms with van der Waals surface area (Å²) in [5, 5.41) is 44.9. The second-order valence-corrected chi connectivity index (χ2v) is 7.04. The Bertz CT molecular complexity index is 687. The molecule has 0 saturated heterocycles. The summed E-state index contributed by atoms with van der Waals surface area (Å²) in [5.41, 5.74) is 4.18. The van der Waals surface area contributed by atoms with Gasteiger partial charge in [0.1, 0.15) is 0 Å². The summed E-state index contributed by atoms with van der Waals surface area (Å²) >= 11 is 0. The highest BCUT2D eigenvalue weighted by Gasteiger charge is 2.34. The summed E-state index contributed by atoms with van der Waals surface area (Å²) in [4.78, 5) is 19.5. The van der Waals surface area contributed by atoms with E-state index in [2.05, 4.69) is 5.32 Å². The van der Waals surface area contributed by atoms with Gasteiger partial charge in [-0.3, -0.25) is 0 Å². The summed E-state index contributed by atoms with van der Waals surface area (Å²) in [5.74, 6) is -3.54. The summed E-state index contributed by atoms with van der Waals surface area (Å²) in [6.07, 6.45) is -9.03. The van der Waals surface area contributed by atoms with Crippen LogP contribution in [-0.4, -0.2) is 61.8 Å². The Morgan fingerprint density at radius 1 is 1.07 bits per heavy atom. The van der Waals surface area contributed by atoms with Gasteiger partial charge in [-0.25, -0.2) is 9.59 Å². The zero-order valence-corrected chi connectivity index (χ0v) is 15.9. The normalized spacial score (nSPS) is 14.9. The monoisotopic (exact) mass is 426 g/mol. The number of carboxylic acids is 2. The molecule has 0 spiro atoms. The molecule has 0 aromatic heterocycles. The number of aliphatic hydroxyl groups is 3. The van der Waals surface area contributed by atoms with Crippen molar-refractivity contribution in [3.63, 3.8) is 0 Å². The van der Waals surface area contributed by atoms with Crippen molar-refractivity contribution in [3.05, 3.63) is 29.3 Å². The number of carbonyl (C=O) groups is 2.